The Balaban J connectivity index is 1.61. The molecule has 4 aromatic rings. The summed E-state index contributed by atoms with van der Waals surface area (Å²) >= 11 is 0.936. The van der Waals surface area contributed by atoms with Crippen LogP contribution in [0.1, 0.15) is 11.1 Å². The highest BCUT2D eigenvalue weighted by Crippen LogP contribution is 2.33. The Hall–Kier alpha value is -3.94. The van der Waals surface area contributed by atoms with Gasteiger partial charge in [0.2, 0.25) is 11.5 Å². The summed E-state index contributed by atoms with van der Waals surface area (Å²) in [6.45, 7) is 0. The zero-order valence-electron chi connectivity index (χ0n) is 17.1. The molecular formula is C21H12F6N6OS. The van der Waals surface area contributed by atoms with Crippen LogP contribution in [0.25, 0.3) is 22.7 Å². The molecule has 35 heavy (non-hydrogen) atoms. The van der Waals surface area contributed by atoms with Gasteiger partial charge in [-0.2, -0.15) is 26.3 Å². The summed E-state index contributed by atoms with van der Waals surface area (Å²) < 4.78 is 82.3. The number of nitrogens with one attached hydrogen (secondary N) is 2. The molecule has 0 radical (unpaired) electrons. The summed E-state index contributed by atoms with van der Waals surface area (Å²) in [6, 6.07) is 10.0. The van der Waals surface area contributed by atoms with Gasteiger partial charge in [-0.3, -0.25) is 5.41 Å². The maximum absolute atomic E-state index is 12.9. The van der Waals surface area contributed by atoms with Crippen LogP contribution in [0, 0.1) is 5.41 Å². The van der Waals surface area contributed by atoms with Crippen LogP contribution < -0.4 is 5.62 Å². The van der Waals surface area contributed by atoms with Crippen LogP contribution in [0.15, 0.2) is 74.3 Å². The maximum Gasteiger partial charge on any atom is 0.416 e. The van der Waals surface area contributed by atoms with Crippen molar-refractivity contribution >= 4 is 18.1 Å². The van der Waals surface area contributed by atoms with Gasteiger partial charge in [0.25, 0.3) is 5.22 Å². The van der Waals surface area contributed by atoms with Crippen molar-refractivity contribution in [3.05, 3.63) is 71.3 Å². The molecule has 0 aliphatic carbocycles. The summed E-state index contributed by atoms with van der Waals surface area (Å²) in [6.07, 6.45) is -8.23. The fourth-order valence-corrected chi connectivity index (χ4v) is 3.57. The largest absolute Gasteiger partial charge is 0.416 e. The molecule has 0 aliphatic rings. The van der Waals surface area contributed by atoms with Gasteiger partial charge in [-0.15, -0.1) is 10.2 Å². The lowest BCUT2D eigenvalue weighted by Crippen LogP contribution is -2.14. The Morgan fingerprint density at radius 1 is 0.857 bits per heavy atom. The number of H-pyrrole nitrogens is 1. The Morgan fingerprint density at radius 2 is 1.43 bits per heavy atom. The van der Waals surface area contributed by atoms with E-state index in [0.29, 0.717) is 10.6 Å². The van der Waals surface area contributed by atoms with Crippen molar-refractivity contribution in [1.82, 2.24) is 20.2 Å². The van der Waals surface area contributed by atoms with E-state index < -0.39 is 23.5 Å². The summed E-state index contributed by atoms with van der Waals surface area (Å²) in [5.41, 5.74) is -0.720. The van der Waals surface area contributed by atoms with Gasteiger partial charge in [-0.25, -0.2) is 9.98 Å². The van der Waals surface area contributed by atoms with Crippen molar-refractivity contribution in [3.63, 3.8) is 0 Å². The van der Waals surface area contributed by atoms with Gasteiger partial charge < -0.3 is 9.40 Å². The quantitative estimate of drug-likeness (QED) is 0.152. The second-order valence-electron chi connectivity index (χ2n) is 6.84. The minimum atomic E-state index is -4.49. The SMILES string of the molecule is N=C/N=c1/nc(-c2ccc(C(F)(F)F)cc2)cc(Sc2nnc(-c3ccc(C(F)(F)F)cc3)o2)[nH]1. The first kappa shape index (κ1) is 24.2. The van der Waals surface area contributed by atoms with E-state index in [1.807, 2.05) is 0 Å². The number of nitrogens with zero attached hydrogens (tertiary/aromatic N) is 4. The van der Waals surface area contributed by atoms with E-state index in [1.165, 1.54) is 30.3 Å². The Labute approximate surface area is 196 Å². The molecule has 0 saturated carbocycles. The van der Waals surface area contributed by atoms with Gasteiger partial charge in [0.15, 0.2) is 0 Å². The number of hydrogen-bond acceptors (Lipinski definition) is 6. The molecular weight excluding hydrogens is 498 g/mol. The smallest absolute Gasteiger partial charge is 0.411 e. The Bertz CT molecular complexity index is 1410. The highest BCUT2D eigenvalue weighted by molar-refractivity contribution is 7.99. The summed E-state index contributed by atoms with van der Waals surface area (Å²) in [5, 5.41) is 15.2. The van der Waals surface area contributed by atoms with Crippen LogP contribution >= 0.6 is 11.8 Å². The lowest BCUT2D eigenvalue weighted by atomic mass is 10.1. The molecule has 2 heterocycles. The van der Waals surface area contributed by atoms with Crippen molar-refractivity contribution in [2.45, 2.75) is 22.6 Å². The first-order valence-electron chi connectivity index (χ1n) is 9.54. The van der Waals surface area contributed by atoms with E-state index in [0.717, 1.165) is 42.4 Å². The Morgan fingerprint density at radius 3 is 1.97 bits per heavy atom. The number of benzene rings is 2. The highest BCUT2D eigenvalue weighted by atomic mass is 32.2. The average molecular weight is 510 g/mol. The van der Waals surface area contributed by atoms with Crippen molar-refractivity contribution < 1.29 is 30.8 Å². The van der Waals surface area contributed by atoms with Crippen LogP contribution in [-0.4, -0.2) is 26.5 Å². The fraction of sp³-hybridized carbons (Fsp3) is 0.0952. The van der Waals surface area contributed by atoms with Gasteiger partial charge >= 0.3 is 12.4 Å². The molecule has 14 heteroatoms. The third kappa shape index (κ3) is 5.77. The van der Waals surface area contributed by atoms with Crippen LogP contribution in [-0.2, 0) is 12.4 Å². The fourth-order valence-electron chi connectivity index (χ4n) is 2.86. The molecule has 0 saturated heterocycles. The van der Waals surface area contributed by atoms with E-state index in [9.17, 15) is 26.3 Å². The van der Waals surface area contributed by atoms with Crippen molar-refractivity contribution in [2.24, 2.45) is 4.99 Å². The molecule has 0 spiro atoms. The van der Waals surface area contributed by atoms with Crippen molar-refractivity contribution in [2.75, 3.05) is 0 Å². The Kier molecular flexibility index (Phi) is 6.47. The first-order valence-corrected chi connectivity index (χ1v) is 10.4. The summed E-state index contributed by atoms with van der Waals surface area (Å²) in [5.74, 6) is -0.0114. The number of rotatable bonds is 5. The first-order chi connectivity index (χ1) is 16.5. The van der Waals surface area contributed by atoms with Gasteiger partial charge in [0.05, 0.1) is 21.8 Å². The second-order valence-corrected chi connectivity index (χ2v) is 7.83. The number of halogens is 6. The standard InChI is InChI=1S/C21H12F6N6OS/c22-20(23,24)13-5-1-11(2-6-13)15-9-16(31-18(30-15)29-10-28)35-19-33-32-17(34-19)12-3-7-14(8-4-12)21(25,26)27/h1-10H,(H2,28,29,30,31). The molecule has 0 unspecified atom stereocenters. The minimum absolute atomic E-state index is 0.00220. The third-order valence-electron chi connectivity index (χ3n) is 4.49. The van der Waals surface area contributed by atoms with E-state index in [1.54, 1.807) is 0 Å². The lowest BCUT2D eigenvalue weighted by Gasteiger charge is -2.08. The second kappa shape index (κ2) is 9.37. The monoisotopic (exact) mass is 510 g/mol. The molecule has 2 N–H and O–H groups in total. The molecule has 0 fully saturated rings. The molecule has 4 rings (SSSR count). The molecule has 7 nitrogen and oxygen atoms in total. The maximum atomic E-state index is 12.9. The van der Waals surface area contributed by atoms with Crippen LogP contribution in [0.5, 0.6) is 0 Å². The van der Waals surface area contributed by atoms with Gasteiger partial charge in [-0.1, -0.05) is 12.1 Å². The lowest BCUT2D eigenvalue weighted by molar-refractivity contribution is -0.138. The summed E-state index contributed by atoms with van der Waals surface area (Å²) in [4.78, 5) is 10.8. The molecule has 2 aromatic carbocycles. The van der Waals surface area contributed by atoms with E-state index in [4.69, 9.17) is 9.83 Å². The van der Waals surface area contributed by atoms with Crippen LogP contribution in [0.4, 0.5) is 26.3 Å². The van der Waals surface area contributed by atoms with E-state index >= 15 is 0 Å². The highest BCUT2D eigenvalue weighted by Gasteiger charge is 2.31. The average Bonchev–Trinajstić information content (AvgIpc) is 3.26. The van der Waals surface area contributed by atoms with Crippen LogP contribution in [0.3, 0.4) is 0 Å². The normalized spacial score (nSPS) is 12.7. The number of alkyl halides is 6. The zero-order chi connectivity index (χ0) is 25.2. The van der Waals surface area contributed by atoms with Gasteiger partial charge in [0, 0.05) is 11.1 Å². The van der Waals surface area contributed by atoms with Crippen molar-refractivity contribution in [1.29, 1.82) is 5.41 Å². The zero-order valence-corrected chi connectivity index (χ0v) is 18.0. The predicted octanol–water partition coefficient (Wildman–Crippen LogP) is 5.82. The number of aromatic amines is 1. The molecule has 0 atom stereocenters. The minimum Gasteiger partial charge on any atom is -0.411 e. The molecule has 0 bridgehead atoms. The van der Waals surface area contributed by atoms with Crippen LogP contribution in [0.2, 0.25) is 0 Å². The topological polar surface area (TPSA) is 104 Å². The molecule has 0 aliphatic heterocycles. The van der Waals surface area contributed by atoms with E-state index in [2.05, 4.69) is 25.2 Å². The predicted molar refractivity (Wildman–Crippen MR) is 112 cm³/mol. The number of hydrogen-bond donors (Lipinski definition) is 2. The summed E-state index contributed by atoms with van der Waals surface area (Å²) in [7, 11) is 0. The third-order valence-corrected chi connectivity index (χ3v) is 5.27. The number of aromatic nitrogens is 4. The molecule has 180 valence electrons. The van der Waals surface area contributed by atoms with E-state index in [-0.39, 0.29) is 28.0 Å². The molecule has 2 aromatic heterocycles. The van der Waals surface area contributed by atoms with Gasteiger partial charge in [-0.05, 0) is 54.2 Å². The van der Waals surface area contributed by atoms with Gasteiger partial charge in [0.1, 0.15) is 6.34 Å². The van der Waals surface area contributed by atoms with Crippen molar-refractivity contribution in [3.8, 4) is 22.7 Å². The molecule has 0 amide bonds.